The van der Waals surface area contributed by atoms with Crippen molar-refractivity contribution >= 4 is 0 Å². The summed E-state index contributed by atoms with van der Waals surface area (Å²) in [5.74, 6) is -0.210. The van der Waals surface area contributed by atoms with Crippen molar-refractivity contribution < 1.29 is 4.39 Å². The Morgan fingerprint density at radius 2 is 1.05 bits per heavy atom. The summed E-state index contributed by atoms with van der Waals surface area (Å²) in [6, 6.07) is 24.9. The third-order valence-corrected chi connectivity index (χ3v) is 3.15. The van der Waals surface area contributed by atoms with Crippen molar-refractivity contribution in [2.75, 3.05) is 0 Å². The number of halogens is 1. The van der Waals surface area contributed by atoms with E-state index in [4.69, 9.17) is 0 Å². The highest BCUT2D eigenvalue weighted by Gasteiger charge is 2.08. The van der Waals surface area contributed by atoms with E-state index in [1.165, 1.54) is 6.07 Å². The molecule has 0 aliphatic rings. The molecule has 0 saturated heterocycles. The van der Waals surface area contributed by atoms with Crippen molar-refractivity contribution in [3.63, 3.8) is 0 Å². The Morgan fingerprint density at radius 3 is 1.63 bits per heavy atom. The largest absolute Gasteiger partial charge is 0.207 e. The molecule has 3 rings (SSSR count). The van der Waals surface area contributed by atoms with Crippen molar-refractivity contribution in [3.05, 3.63) is 84.7 Å². The fourth-order valence-corrected chi connectivity index (χ4v) is 2.24. The summed E-state index contributed by atoms with van der Waals surface area (Å²) in [7, 11) is 0. The molecule has 3 aromatic rings. The summed E-state index contributed by atoms with van der Waals surface area (Å²) in [6.45, 7) is 0. The molecule has 0 fully saturated rings. The Bertz CT molecular complexity index is 673. The molecule has 1 heteroatoms. The van der Waals surface area contributed by atoms with Crippen LogP contribution < -0.4 is 0 Å². The number of rotatable bonds is 2. The molecular formula is C18H13F. The predicted octanol–water partition coefficient (Wildman–Crippen LogP) is 5.16. The van der Waals surface area contributed by atoms with E-state index in [0.29, 0.717) is 0 Å². The second kappa shape index (κ2) is 5.07. The van der Waals surface area contributed by atoms with E-state index < -0.39 is 0 Å². The maximum absolute atomic E-state index is 13.5. The van der Waals surface area contributed by atoms with E-state index in [1.54, 1.807) is 6.07 Å². The average molecular weight is 248 g/mol. The predicted molar refractivity (Wildman–Crippen MR) is 77.3 cm³/mol. The van der Waals surface area contributed by atoms with Gasteiger partial charge in [-0.3, -0.25) is 0 Å². The molecule has 0 nitrogen and oxygen atoms in total. The SMILES string of the molecule is Fc1ccc(-c2ccccc2)c(-c2ccccc2)c1. The van der Waals surface area contributed by atoms with Gasteiger partial charge in [0.05, 0.1) is 0 Å². The van der Waals surface area contributed by atoms with Crippen LogP contribution in [0.4, 0.5) is 4.39 Å². The Labute approximate surface area is 112 Å². The van der Waals surface area contributed by atoms with Gasteiger partial charge in [0.1, 0.15) is 5.82 Å². The molecule has 0 aromatic heterocycles. The lowest BCUT2D eigenvalue weighted by Gasteiger charge is -2.10. The minimum absolute atomic E-state index is 0.210. The molecule has 0 amide bonds. The van der Waals surface area contributed by atoms with Crippen molar-refractivity contribution in [2.24, 2.45) is 0 Å². The molecule has 0 unspecified atom stereocenters. The zero-order valence-corrected chi connectivity index (χ0v) is 10.4. The second-order valence-corrected chi connectivity index (χ2v) is 4.42. The smallest absolute Gasteiger partial charge is 0.123 e. The van der Waals surface area contributed by atoms with Gasteiger partial charge in [-0.1, -0.05) is 66.7 Å². The zero-order valence-electron chi connectivity index (χ0n) is 10.4. The molecule has 0 saturated carbocycles. The van der Waals surface area contributed by atoms with Gasteiger partial charge in [0.25, 0.3) is 0 Å². The number of hydrogen-bond acceptors (Lipinski definition) is 0. The lowest BCUT2D eigenvalue weighted by molar-refractivity contribution is 0.628. The first kappa shape index (κ1) is 11.7. The van der Waals surface area contributed by atoms with Crippen molar-refractivity contribution in [1.82, 2.24) is 0 Å². The third-order valence-electron chi connectivity index (χ3n) is 3.15. The van der Waals surface area contributed by atoms with Crippen LogP contribution in [0.15, 0.2) is 78.9 Å². The quantitative estimate of drug-likeness (QED) is 0.587. The maximum atomic E-state index is 13.5. The third kappa shape index (κ3) is 2.41. The summed E-state index contributed by atoms with van der Waals surface area (Å²) in [6.07, 6.45) is 0. The number of hydrogen-bond donors (Lipinski definition) is 0. The molecule has 0 radical (unpaired) electrons. The van der Waals surface area contributed by atoms with Crippen LogP contribution in [0.3, 0.4) is 0 Å². The highest BCUT2D eigenvalue weighted by atomic mass is 19.1. The lowest BCUT2D eigenvalue weighted by Crippen LogP contribution is -1.86. The fourth-order valence-electron chi connectivity index (χ4n) is 2.24. The van der Waals surface area contributed by atoms with Crippen molar-refractivity contribution in [3.8, 4) is 22.3 Å². The van der Waals surface area contributed by atoms with Crippen LogP contribution in [0.25, 0.3) is 22.3 Å². The van der Waals surface area contributed by atoms with E-state index in [9.17, 15) is 4.39 Å². The molecule has 19 heavy (non-hydrogen) atoms. The first-order valence-electron chi connectivity index (χ1n) is 6.25. The molecule has 0 N–H and O–H groups in total. The second-order valence-electron chi connectivity index (χ2n) is 4.42. The van der Waals surface area contributed by atoms with Gasteiger partial charge in [-0.05, 0) is 34.4 Å². The Kier molecular flexibility index (Phi) is 3.11. The van der Waals surface area contributed by atoms with E-state index in [-0.39, 0.29) is 5.82 Å². The van der Waals surface area contributed by atoms with E-state index in [2.05, 4.69) is 0 Å². The molecule has 3 aromatic carbocycles. The van der Waals surface area contributed by atoms with E-state index >= 15 is 0 Å². The van der Waals surface area contributed by atoms with Crippen LogP contribution in [-0.4, -0.2) is 0 Å². The highest BCUT2D eigenvalue weighted by molar-refractivity contribution is 5.83. The van der Waals surface area contributed by atoms with E-state index in [0.717, 1.165) is 22.3 Å². The van der Waals surface area contributed by atoms with Crippen LogP contribution in [-0.2, 0) is 0 Å². The van der Waals surface area contributed by atoms with Gasteiger partial charge >= 0.3 is 0 Å². The first-order valence-corrected chi connectivity index (χ1v) is 6.25. The van der Waals surface area contributed by atoms with Crippen LogP contribution in [0.2, 0.25) is 0 Å². The van der Waals surface area contributed by atoms with Gasteiger partial charge in [0.2, 0.25) is 0 Å². The Morgan fingerprint density at radius 1 is 0.526 bits per heavy atom. The summed E-state index contributed by atoms with van der Waals surface area (Å²) in [5.41, 5.74) is 4.10. The minimum Gasteiger partial charge on any atom is -0.207 e. The lowest BCUT2D eigenvalue weighted by atomic mass is 9.94. The number of benzene rings is 3. The van der Waals surface area contributed by atoms with Crippen LogP contribution >= 0.6 is 0 Å². The molecule has 0 atom stereocenters. The Balaban J connectivity index is 2.21. The molecule has 0 aliphatic heterocycles. The van der Waals surface area contributed by atoms with Crippen LogP contribution in [0.1, 0.15) is 0 Å². The fraction of sp³-hybridized carbons (Fsp3) is 0. The monoisotopic (exact) mass is 248 g/mol. The van der Waals surface area contributed by atoms with Gasteiger partial charge in [-0.25, -0.2) is 4.39 Å². The topological polar surface area (TPSA) is 0 Å². The van der Waals surface area contributed by atoms with Crippen LogP contribution in [0, 0.1) is 5.82 Å². The molecule has 0 bridgehead atoms. The van der Waals surface area contributed by atoms with Crippen molar-refractivity contribution in [1.29, 1.82) is 0 Å². The zero-order chi connectivity index (χ0) is 13.1. The summed E-state index contributed by atoms with van der Waals surface area (Å²) < 4.78 is 13.5. The minimum atomic E-state index is -0.210. The summed E-state index contributed by atoms with van der Waals surface area (Å²) in [4.78, 5) is 0. The van der Waals surface area contributed by atoms with Gasteiger partial charge in [0, 0.05) is 0 Å². The van der Waals surface area contributed by atoms with Crippen LogP contribution in [0.5, 0.6) is 0 Å². The molecule has 0 heterocycles. The Hall–Kier alpha value is -2.41. The molecular weight excluding hydrogens is 235 g/mol. The average Bonchev–Trinajstić information content (AvgIpc) is 2.49. The van der Waals surface area contributed by atoms with E-state index in [1.807, 2.05) is 66.7 Å². The molecule has 0 spiro atoms. The normalized spacial score (nSPS) is 10.4. The highest BCUT2D eigenvalue weighted by Crippen LogP contribution is 2.32. The summed E-state index contributed by atoms with van der Waals surface area (Å²) in [5, 5.41) is 0. The maximum Gasteiger partial charge on any atom is 0.123 e. The standard InChI is InChI=1S/C18H13F/c19-16-11-12-17(14-7-3-1-4-8-14)18(13-16)15-9-5-2-6-10-15/h1-13H. The molecule has 0 aliphatic carbocycles. The van der Waals surface area contributed by atoms with Crippen molar-refractivity contribution in [2.45, 2.75) is 0 Å². The van der Waals surface area contributed by atoms with Gasteiger partial charge in [0.15, 0.2) is 0 Å². The first-order chi connectivity index (χ1) is 9.34. The van der Waals surface area contributed by atoms with Gasteiger partial charge in [-0.15, -0.1) is 0 Å². The van der Waals surface area contributed by atoms with Gasteiger partial charge < -0.3 is 0 Å². The molecule has 92 valence electrons. The summed E-state index contributed by atoms with van der Waals surface area (Å²) >= 11 is 0. The van der Waals surface area contributed by atoms with Gasteiger partial charge in [-0.2, -0.15) is 0 Å².